The Morgan fingerprint density at radius 1 is 1.33 bits per heavy atom. The molecule has 1 aromatic rings. The van der Waals surface area contributed by atoms with E-state index in [1.165, 1.54) is 6.07 Å². The van der Waals surface area contributed by atoms with Crippen molar-refractivity contribution in [3.8, 4) is 0 Å². The zero-order chi connectivity index (χ0) is 15.4. The zero-order valence-corrected chi connectivity index (χ0v) is 12.1. The molecule has 1 aliphatic heterocycles. The third kappa shape index (κ3) is 3.91. The Kier molecular flexibility index (Phi) is 4.74. The number of rotatable bonds is 3. The molecule has 1 amide bonds. The van der Waals surface area contributed by atoms with Crippen LogP contribution < -0.4 is 5.73 Å². The predicted octanol–water partition coefficient (Wildman–Crippen LogP) is 1.23. The van der Waals surface area contributed by atoms with Gasteiger partial charge in [0.2, 0.25) is 5.91 Å². The molecule has 1 heterocycles. The molecule has 1 fully saturated rings. The Morgan fingerprint density at radius 3 is 2.71 bits per heavy atom. The van der Waals surface area contributed by atoms with Crippen LogP contribution in [0.2, 0.25) is 0 Å². The van der Waals surface area contributed by atoms with E-state index in [1.54, 1.807) is 19.1 Å². The summed E-state index contributed by atoms with van der Waals surface area (Å²) in [4.78, 5) is 25.8. The molecule has 0 radical (unpaired) electrons. The van der Waals surface area contributed by atoms with Gasteiger partial charge in [0.1, 0.15) is 5.69 Å². The van der Waals surface area contributed by atoms with E-state index in [0.717, 1.165) is 38.2 Å². The first kappa shape index (κ1) is 15.2. The number of benzene rings is 1. The van der Waals surface area contributed by atoms with E-state index >= 15 is 0 Å². The van der Waals surface area contributed by atoms with E-state index in [4.69, 9.17) is 5.73 Å². The lowest BCUT2D eigenvalue weighted by molar-refractivity contribution is -0.383. The summed E-state index contributed by atoms with van der Waals surface area (Å²) in [5.41, 5.74) is 6.79. The van der Waals surface area contributed by atoms with Crippen molar-refractivity contribution in [2.75, 3.05) is 31.9 Å². The maximum absolute atomic E-state index is 11.4. The second kappa shape index (κ2) is 6.53. The highest BCUT2D eigenvalue weighted by Gasteiger charge is 2.17. The van der Waals surface area contributed by atoms with Gasteiger partial charge >= 0.3 is 0 Å². The molecule has 114 valence electrons. The number of hydrogen-bond donors (Lipinski definition) is 1. The number of carbonyl (C=O) groups is 1. The van der Waals surface area contributed by atoms with Crippen LogP contribution in [-0.2, 0) is 11.3 Å². The molecular formula is C14H20N4O3. The highest BCUT2D eigenvalue weighted by Crippen LogP contribution is 2.23. The molecule has 7 heteroatoms. The number of amides is 1. The molecule has 0 bridgehead atoms. The first-order valence-corrected chi connectivity index (χ1v) is 6.98. The van der Waals surface area contributed by atoms with Crippen LogP contribution >= 0.6 is 0 Å². The quantitative estimate of drug-likeness (QED) is 0.514. The minimum atomic E-state index is -0.476. The Labute approximate surface area is 123 Å². The first-order valence-electron chi connectivity index (χ1n) is 6.98. The number of nitro groups is 1. The molecular weight excluding hydrogens is 272 g/mol. The molecule has 0 spiro atoms. The number of nitrogens with two attached hydrogens (primary N) is 1. The molecule has 0 atom stereocenters. The Hall–Kier alpha value is -2.15. The molecule has 1 aromatic carbocycles. The third-order valence-corrected chi connectivity index (χ3v) is 3.73. The van der Waals surface area contributed by atoms with Crippen LogP contribution in [-0.4, -0.2) is 46.8 Å². The topological polar surface area (TPSA) is 92.7 Å². The average Bonchev–Trinajstić information content (AvgIpc) is 2.64. The average molecular weight is 292 g/mol. The molecule has 21 heavy (non-hydrogen) atoms. The van der Waals surface area contributed by atoms with Gasteiger partial charge in [-0.1, -0.05) is 6.07 Å². The first-order chi connectivity index (χ1) is 9.97. The van der Waals surface area contributed by atoms with Gasteiger partial charge in [-0.2, -0.15) is 0 Å². The number of anilines is 1. The van der Waals surface area contributed by atoms with E-state index < -0.39 is 4.92 Å². The van der Waals surface area contributed by atoms with Crippen molar-refractivity contribution in [1.29, 1.82) is 0 Å². The monoisotopic (exact) mass is 292 g/mol. The lowest BCUT2D eigenvalue weighted by Crippen LogP contribution is -2.33. The summed E-state index contributed by atoms with van der Waals surface area (Å²) in [6.07, 6.45) is 0.933. The van der Waals surface area contributed by atoms with E-state index in [2.05, 4.69) is 4.90 Å². The van der Waals surface area contributed by atoms with Gasteiger partial charge in [-0.05, 0) is 18.1 Å². The Balaban J connectivity index is 2.00. The van der Waals surface area contributed by atoms with Crippen molar-refractivity contribution < 1.29 is 9.72 Å². The largest absolute Gasteiger partial charge is 0.393 e. The van der Waals surface area contributed by atoms with Crippen molar-refractivity contribution in [3.63, 3.8) is 0 Å². The molecule has 2 rings (SSSR count). The van der Waals surface area contributed by atoms with Crippen LogP contribution in [0.4, 0.5) is 11.4 Å². The van der Waals surface area contributed by atoms with Gasteiger partial charge in [-0.25, -0.2) is 0 Å². The summed E-state index contributed by atoms with van der Waals surface area (Å²) in [6, 6.07) is 4.85. The third-order valence-electron chi connectivity index (χ3n) is 3.73. The summed E-state index contributed by atoms with van der Waals surface area (Å²) < 4.78 is 0. The van der Waals surface area contributed by atoms with Crippen LogP contribution in [0.3, 0.4) is 0 Å². The van der Waals surface area contributed by atoms with Crippen molar-refractivity contribution in [1.82, 2.24) is 9.80 Å². The maximum atomic E-state index is 11.4. The Morgan fingerprint density at radius 2 is 2.10 bits per heavy atom. The lowest BCUT2D eigenvalue weighted by atomic mass is 10.1. The minimum Gasteiger partial charge on any atom is -0.393 e. The second-order valence-electron chi connectivity index (χ2n) is 5.29. The van der Waals surface area contributed by atoms with E-state index in [-0.39, 0.29) is 17.3 Å². The van der Waals surface area contributed by atoms with E-state index in [9.17, 15) is 14.9 Å². The van der Waals surface area contributed by atoms with Gasteiger partial charge in [0.15, 0.2) is 0 Å². The van der Waals surface area contributed by atoms with Crippen molar-refractivity contribution >= 4 is 17.3 Å². The number of nitrogen functional groups attached to an aromatic ring is 1. The van der Waals surface area contributed by atoms with Gasteiger partial charge in [0, 0.05) is 45.7 Å². The predicted molar refractivity (Wildman–Crippen MR) is 79.7 cm³/mol. The summed E-state index contributed by atoms with van der Waals surface area (Å²) in [6.45, 7) is 5.49. The number of nitrogens with zero attached hydrogens (tertiary/aromatic N) is 3. The van der Waals surface area contributed by atoms with Crippen LogP contribution in [0.5, 0.6) is 0 Å². The summed E-state index contributed by atoms with van der Waals surface area (Å²) in [5.74, 6) is 0.108. The molecule has 7 nitrogen and oxygen atoms in total. The highest BCUT2D eigenvalue weighted by molar-refractivity contribution is 5.73. The fraction of sp³-hybridized carbons (Fsp3) is 0.500. The molecule has 0 aliphatic carbocycles. The highest BCUT2D eigenvalue weighted by atomic mass is 16.6. The van der Waals surface area contributed by atoms with Gasteiger partial charge in [-0.3, -0.25) is 19.8 Å². The number of hydrogen-bond acceptors (Lipinski definition) is 5. The molecule has 1 saturated heterocycles. The van der Waals surface area contributed by atoms with Crippen LogP contribution in [0.1, 0.15) is 18.9 Å². The number of nitro benzene ring substituents is 1. The van der Waals surface area contributed by atoms with Gasteiger partial charge in [-0.15, -0.1) is 0 Å². The molecule has 0 saturated carbocycles. The van der Waals surface area contributed by atoms with E-state index in [0.29, 0.717) is 6.54 Å². The van der Waals surface area contributed by atoms with Crippen molar-refractivity contribution in [3.05, 3.63) is 33.9 Å². The standard InChI is InChI=1S/C14H20N4O3/c1-11(19)17-6-2-5-16(7-8-17)10-12-3-4-14(18(20)21)13(15)9-12/h3-4,9H,2,5-8,10,15H2,1H3. The smallest absolute Gasteiger partial charge is 0.292 e. The fourth-order valence-electron chi connectivity index (χ4n) is 2.57. The van der Waals surface area contributed by atoms with E-state index in [1.807, 2.05) is 4.90 Å². The van der Waals surface area contributed by atoms with Crippen molar-refractivity contribution in [2.24, 2.45) is 0 Å². The molecule has 0 unspecified atom stereocenters. The maximum Gasteiger partial charge on any atom is 0.292 e. The summed E-state index contributed by atoms with van der Waals surface area (Å²) >= 11 is 0. The van der Waals surface area contributed by atoms with Crippen molar-refractivity contribution in [2.45, 2.75) is 19.9 Å². The van der Waals surface area contributed by atoms with Gasteiger partial charge in [0.05, 0.1) is 4.92 Å². The Bertz CT molecular complexity index is 547. The minimum absolute atomic E-state index is 0.0580. The summed E-state index contributed by atoms with van der Waals surface area (Å²) in [5, 5.41) is 10.7. The fourth-order valence-corrected chi connectivity index (χ4v) is 2.57. The lowest BCUT2D eigenvalue weighted by Gasteiger charge is -2.21. The molecule has 1 aliphatic rings. The molecule has 2 N–H and O–H groups in total. The van der Waals surface area contributed by atoms with Crippen LogP contribution in [0.25, 0.3) is 0 Å². The molecule has 0 aromatic heterocycles. The summed E-state index contributed by atoms with van der Waals surface area (Å²) in [7, 11) is 0. The van der Waals surface area contributed by atoms with Crippen LogP contribution in [0.15, 0.2) is 18.2 Å². The van der Waals surface area contributed by atoms with Crippen LogP contribution in [0, 0.1) is 10.1 Å². The van der Waals surface area contributed by atoms with Gasteiger partial charge in [0.25, 0.3) is 5.69 Å². The zero-order valence-electron chi connectivity index (χ0n) is 12.1. The number of carbonyl (C=O) groups excluding carboxylic acids is 1. The normalized spacial score (nSPS) is 16.5. The SMILES string of the molecule is CC(=O)N1CCCN(Cc2ccc([N+](=O)[O-])c(N)c2)CC1. The van der Waals surface area contributed by atoms with Gasteiger partial charge < -0.3 is 10.6 Å². The second-order valence-corrected chi connectivity index (χ2v) is 5.29.